The van der Waals surface area contributed by atoms with Gasteiger partial charge in [-0.2, -0.15) is 0 Å². The van der Waals surface area contributed by atoms with Crippen molar-refractivity contribution in [3.05, 3.63) is 16.7 Å². The van der Waals surface area contributed by atoms with E-state index in [1.807, 2.05) is 11.9 Å². The summed E-state index contributed by atoms with van der Waals surface area (Å²) in [7, 11) is 4.07. The zero-order valence-corrected chi connectivity index (χ0v) is 10.3. The molecule has 94 valence electrons. The summed E-state index contributed by atoms with van der Waals surface area (Å²) >= 11 is 0. The largest absolute Gasteiger partial charge is 0.391 e. The minimum Gasteiger partial charge on any atom is -0.391 e. The molecular weight excluding hydrogens is 218 g/mol. The second kappa shape index (κ2) is 4.75. The SMILES string of the molecule is CN1CCC(N(C)c2nc[nH]c(=O)c2N)CC1. The van der Waals surface area contributed by atoms with Crippen LogP contribution in [0.1, 0.15) is 12.8 Å². The van der Waals surface area contributed by atoms with E-state index in [0.717, 1.165) is 25.9 Å². The van der Waals surface area contributed by atoms with Crippen LogP contribution in [0.3, 0.4) is 0 Å². The van der Waals surface area contributed by atoms with Crippen molar-refractivity contribution >= 4 is 11.5 Å². The fourth-order valence-electron chi connectivity index (χ4n) is 2.24. The molecule has 0 unspecified atom stereocenters. The molecule has 1 aliphatic heterocycles. The van der Waals surface area contributed by atoms with E-state index in [1.54, 1.807) is 0 Å². The molecular formula is C11H19N5O. The fourth-order valence-corrected chi connectivity index (χ4v) is 2.24. The maximum Gasteiger partial charge on any atom is 0.276 e. The Hall–Kier alpha value is -1.56. The molecule has 1 aromatic heterocycles. The van der Waals surface area contributed by atoms with Gasteiger partial charge in [-0.05, 0) is 33.0 Å². The molecule has 17 heavy (non-hydrogen) atoms. The fraction of sp³-hybridized carbons (Fsp3) is 0.636. The number of piperidine rings is 1. The summed E-state index contributed by atoms with van der Waals surface area (Å²) in [6.07, 6.45) is 3.54. The number of aromatic nitrogens is 2. The third kappa shape index (κ3) is 2.41. The number of nitrogens with one attached hydrogen (secondary N) is 1. The molecule has 3 N–H and O–H groups in total. The van der Waals surface area contributed by atoms with Crippen molar-refractivity contribution in [2.24, 2.45) is 0 Å². The summed E-state index contributed by atoms with van der Waals surface area (Å²) in [6.45, 7) is 2.14. The molecule has 0 bridgehead atoms. The van der Waals surface area contributed by atoms with Crippen molar-refractivity contribution < 1.29 is 0 Å². The highest BCUT2D eigenvalue weighted by Crippen LogP contribution is 2.21. The van der Waals surface area contributed by atoms with E-state index in [0.29, 0.717) is 11.9 Å². The molecule has 6 nitrogen and oxygen atoms in total. The Morgan fingerprint density at radius 2 is 2.18 bits per heavy atom. The first-order valence-corrected chi connectivity index (χ1v) is 5.84. The normalized spacial score (nSPS) is 18.2. The second-order valence-corrected chi connectivity index (χ2v) is 4.61. The number of likely N-dealkylation sites (tertiary alicyclic amines) is 1. The first-order valence-electron chi connectivity index (χ1n) is 5.84. The molecule has 0 amide bonds. The van der Waals surface area contributed by atoms with E-state index in [2.05, 4.69) is 21.9 Å². The van der Waals surface area contributed by atoms with Gasteiger partial charge in [-0.15, -0.1) is 0 Å². The van der Waals surface area contributed by atoms with Gasteiger partial charge in [-0.1, -0.05) is 0 Å². The minimum atomic E-state index is -0.269. The van der Waals surface area contributed by atoms with Crippen molar-refractivity contribution in [3.8, 4) is 0 Å². The van der Waals surface area contributed by atoms with Crippen LogP contribution in [-0.4, -0.2) is 48.1 Å². The molecule has 6 heteroatoms. The molecule has 2 rings (SSSR count). The first kappa shape index (κ1) is 11.9. The third-order valence-corrected chi connectivity index (χ3v) is 3.44. The number of nitrogen functional groups attached to an aromatic ring is 1. The van der Waals surface area contributed by atoms with Crippen LogP contribution in [0.15, 0.2) is 11.1 Å². The molecule has 0 spiro atoms. The average molecular weight is 237 g/mol. The quantitative estimate of drug-likeness (QED) is 0.750. The van der Waals surface area contributed by atoms with Gasteiger partial charge in [0.2, 0.25) is 0 Å². The maximum absolute atomic E-state index is 11.4. The molecule has 0 saturated carbocycles. The smallest absolute Gasteiger partial charge is 0.276 e. The summed E-state index contributed by atoms with van der Waals surface area (Å²) in [5, 5.41) is 0. The number of rotatable bonds is 2. The lowest BCUT2D eigenvalue weighted by molar-refractivity contribution is 0.252. The van der Waals surface area contributed by atoms with Crippen LogP contribution in [0.4, 0.5) is 11.5 Å². The van der Waals surface area contributed by atoms with E-state index in [1.165, 1.54) is 6.33 Å². The van der Waals surface area contributed by atoms with Gasteiger partial charge in [0.1, 0.15) is 5.69 Å². The first-order chi connectivity index (χ1) is 8.09. The highest BCUT2D eigenvalue weighted by molar-refractivity contribution is 5.60. The molecule has 2 heterocycles. The average Bonchev–Trinajstić information content (AvgIpc) is 2.33. The minimum absolute atomic E-state index is 0.203. The Bertz CT molecular complexity index is 436. The number of anilines is 2. The lowest BCUT2D eigenvalue weighted by atomic mass is 10.0. The van der Waals surface area contributed by atoms with Crippen LogP contribution in [0, 0.1) is 0 Å². The molecule has 0 atom stereocenters. The summed E-state index contributed by atoms with van der Waals surface area (Å²) < 4.78 is 0. The van der Waals surface area contributed by atoms with E-state index in [-0.39, 0.29) is 11.2 Å². The molecule has 1 aliphatic rings. The Morgan fingerprint density at radius 3 is 2.82 bits per heavy atom. The van der Waals surface area contributed by atoms with Crippen LogP contribution >= 0.6 is 0 Å². The zero-order valence-electron chi connectivity index (χ0n) is 10.3. The van der Waals surface area contributed by atoms with Crippen LogP contribution in [0.5, 0.6) is 0 Å². The molecule has 0 radical (unpaired) electrons. The van der Waals surface area contributed by atoms with Crippen LogP contribution in [0.2, 0.25) is 0 Å². The molecule has 0 aliphatic carbocycles. The molecule has 1 saturated heterocycles. The van der Waals surface area contributed by atoms with Crippen LogP contribution < -0.4 is 16.2 Å². The monoisotopic (exact) mass is 237 g/mol. The van der Waals surface area contributed by atoms with Gasteiger partial charge in [0.25, 0.3) is 5.56 Å². The van der Waals surface area contributed by atoms with Crippen molar-refractivity contribution in [1.82, 2.24) is 14.9 Å². The van der Waals surface area contributed by atoms with Crippen LogP contribution in [0.25, 0.3) is 0 Å². The number of hydrogen-bond donors (Lipinski definition) is 2. The van der Waals surface area contributed by atoms with Crippen molar-refractivity contribution in [3.63, 3.8) is 0 Å². The summed E-state index contributed by atoms with van der Waals surface area (Å²) in [5.74, 6) is 0.586. The van der Waals surface area contributed by atoms with E-state index in [4.69, 9.17) is 5.73 Å². The second-order valence-electron chi connectivity index (χ2n) is 4.61. The van der Waals surface area contributed by atoms with Gasteiger partial charge in [-0.25, -0.2) is 4.98 Å². The number of H-pyrrole nitrogens is 1. The number of hydrogen-bond acceptors (Lipinski definition) is 5. The Kier molecular flexibility index (Phi) is 3.33. The summed E-state index contributed by atoms with van der Waals surface area (Å²) in [4.78, 5) is 22.4. The highest BCUT2D eigenvalue weighted by atomic mass is 16.1. The van der Waals surface area contributed by atoms with E-state index < -0.39 is 0 Å². The lowest BCUT2D eigenvalue weighted by Crippen LogP contribution is -2.43. The van der Waals surface area contributed by atoms with E-state index >= 15 is 0 Å². The predicted octanol–water partition coefficient (Wildman–Crippen LogP) is -0.117. The molecule has 0 aromatic carbocycles. The van der Waals surface area contributed by atoms with Gasteiger partial charge < -0.3 is 20.5 Å². The number of nitrogens with two attached hydrogens (primary N) is 1. The van der Waals surface area contributed by atoms with Gasteiger partial charge in [0.15, 0.2) is 5.82 Å². The topological polar surface area (TPSA) is 78.2 Å². The van der Waals surface area contributed by atoms with Crippen molar-refractivity contribution in [1.29, 1.82) is 0 Å². The Morgan fingerprint density at radius 1 is 1.53 bits per heavy atom. The zero-order chi connectivity index (χ0) is 12.4. The van der Waals surface area contributed by atoms with Gasteiger partial charge in [-0.3, -0.25) is 4.79 Å². The van der Waals surface area contributed by atoms with Crippen LogP contribution in [-0.2, 0) is 0 Å². The van der Waals surface area contributed by atoms with Crippen molar-refractivity contribution in [2.75, 3.05) is 37.8 Å². The lowest BCUT2D eigenvalue weighted by Gasteiger charge is -2.35. The number of aromatic amines is 1. The summed E-state index contributed by atoms with van der Waals surface area (Å²) in [6, 6.07) is 0.405. The molecule has 1 aromatic rings. The Balaban J connectivity index is 2.17. The Labute approximate surface area is 100 Å². The molecule has 1 fully saturated rings. The summed E-state index contributed by atoms with van der Waals surface area (Å²) in [5.41, 5.74) is 5.69. The number of nitrogens with zero attached hydrogens (tertiary/aromatic N) is 3. The standard InChI is InChI=1S/C11H19N5O/c1-15-5-3-8(4-6-15)16(2)10-9(12)11(17)14-7-13-10/h7-8H,3-6,12H2,1-2H3,(H,13,14,17). The third-order valence-electron chi connectivity index (χ3n) is 3.44. The highest BCUT2D eigenvalue weighted by Gasteiger charge is 2.23. The maximum atomic E-state index is 11.4. The van der Waals surface area contributed by atoms with E-state index in [9.17, 15) is 4.79 Å². The van der Waals surface area contributed by atoms with Gasteiger partial charge in [0, 0.05) is 13.1 Å². The van der Waals surface area contributed by atoms with Gasteiger partial charge in [0.05, 0.1) is 6.33 Å². The van der Waals surface area contributed by atoms with Crippen molar-refractivity contribution in [2.45, 2.75) is 18.9 Å². The predicted molar refractivity (Wildman–Crippen MR) is 68.2 cm³/mol. The van der Waals surface area contributed by atoms with Gasteiger partial charge >= 0.3 is 0 Å².